The molecule has 5 nitrogen and oxygen atoms in total. The van der Waals surface area contributed by atoms with Crippen LogP contribution in [0.25, 0.3) is 6.08 Å². The fraction of sp³-hybridized carbons (Fsp3) is 0.333. The molecule has 1 aromatic carbocycles. The van der Waals surface area contributed by atoms with Gasteiger partial charge < -0.3 is 10.0 Å². The largest absolute Gasteiger partial charge is 0.507 e. The van der Waals surface area contributed by atoms with Crippen molar-refractivity contribution in [2.45, 2.75) is 13.0 Å². The Bertz CT molecular complexity index is 710. The Morgan fingerprint density at radius 2 is 2.26 bits per heavy atom. The number of aliphatic imine (C=N–C) groups is 1. The van der Waals surface area contributed by atoms with E-state index in [4.69, 9.17) is 11.8 Å². The van der Waals surface area contributed by atoms with Crippen LogP contribution in [0.1, 0.15) is 12.5 Å². The summed E-state index contributed by atoms with van der Waals surface area (Å²) in [4.78, 5) is 18.6. The summed E-state index contributed by atoms with van der Waals surface area (Å²) in [6, 6.07) is 3.83. The Labute approximate surface area is 142 Å². The lowest BCUT2D eigenvalue weighted by atomic mass is 10.2. The summed E-state index contributed by atoms with van der Waals surface area (Å²) in [6.07, 6.45) is 1.53. The van der Waals surface area contributed by atoms with Crippen LogP contribution >= 0.6 is 23.5 Å². The maximum absolute atomic E-state index is 13.0. The number of phenols is 1. The number of amidine groups is 1. The molecule has 1 fully saturated rings. The smallest absolute Gasteiger partial charge is 0.286 e. The lowest BCUT2D eigenvalue weighted by Crippen LogP contribution is -2.50. The molecule has 2 aliphatic heterocycles. The number of hydrogen-bond acceptors (Lipinski definition) is 5. The first-order valence-electron chi connectivity index (χ1n) is 7.12. The van der Waals surface area contributed by atoms with Crippen LogP contribution in [0.2, 0.25) is 0 Å². The van der Waals surface area contributed by atoms with E-state index >= 15 is 0 Å². The Kier molecular flexibility index (Phi) is 4.61. The van der Waals surface area contributed by atoms with Gasteiger partial charge in [-0.05, 0) is 48.7 Å². The Hall–Kier alpha value is -1.57. The molecule has 0 spiro atoms. The summed E-state index contributed by atoms with van der Waals surface area (Å²) in [5, 5.41) is 10.4. The lowest BCUT2D eigenvalue weighted by molar-refractivity contribution is -0.113. The number of hydrogen-bond donors (Lipinski definition) is 1. The van der Waals surface area contributed by atoms with Crippen molar-refractivity contribution < 1.29 is 14.3 Å². The SMILES string of the molecule is C[C@H]1CN(Cl)CCN1C1=NC(=O)/C(=C/c2ccc(F)cc2O)S1. The predicted octanol–water partition coefficient (Wildman–Crippen LogP) is 2.66. The molecule has 1 N–H and O–H groups in total. The van der Waals surface area contributed by atoms with Crippen molar-refractivity contribution in [3.63, 3.8) is 0 Å². The fourth-order valence-corrected chi connectivity index (χ4v) is 3.81. The third-order valence-corrected chi connectivity index (χ3v) is 5.04. The number of carbonyl (C=O) groups excluding carboxylic acids is 1. The number of rotatable bonds is 1. The van der Waals surface area contributed by atoms with Gasteiger partial charge in [0, 0.05) is 37.3 Å². The summed E-state index contributed by atoms with van der Waals surface area (Å²) in [7, 11) is 0. The molecule has 2 aliphatic rings. The summed E-state index contributed by atoms with van der Waals surface area (Å²) >= 11 is 7.26. The average molecular weight is 356 g/mol. The van der Waals surface area contributed by atoms with Gasteiger partial charge in [-0.25, -0.2) is 8.81 Å². The molecular formula is C15H15ClFN3O2S. The van der Waals surface area contributed by atoms with E-state index in [0.29, 0.717) is 35.3 Å². The van der Waals surface area contributed by atoms with Gasteiger partial charge in [0.25, 0.3) is 5.91 Å². The maximum Gasteiger partial charge on any atom is 0.286 e. The average Bonchev–Trinajstić information content (AvgIpc) is 2.83. The molecule has 122 valence electrons. The molecule has 0 saturated carbocycles. The number of piperazine rings is 1. The van der Waals surface area contributed by atoms with Crippen molar-refractivity contribution in [1.82, 2.24) is 9.32 Å². The molecule has 23 heavy (non-hydrogen) atoms. The number of aromatic hydroxyl groups is 1. The first-order valence-corrected chi connectivity index (χ1v) is 8.28. The third-order valence-electron chi connectivity index (χ3n) is 3.71. The van der Waals surface area contributed by atoms with Crippen molar-refractivity contribution in [3.05, 3.63) is 34.5 Å². The highest BCUT2D eigenvalue weighted by atomic mass is 35.5. The van der Waals surface area contributed by atoms with Crippen LogP contribution in [0.3, 0.4) is 0 Å². The van der Waals surface area contributed by atoms with Crippen LogP contribution in [0.5, 0.6) is 5.75 Å². The van der Waals surface area contributed by atoms with Gasteiger partial charge in [0.15, 0.2) is 5.17 Å². The molecule has 0 aromatic heterocycles. The number of halogens is 2. The zero-order valence-corrected chi connectivity index (χ0v) is 13.9. The van der Waals surface area contributed by atoms with Crippen LogP contribution in [-0.4, -0.2) is 51.2 Å². The predicted molar refractivity (Wildman–Crippen MR) is 89.7 cm³/mol. The van der Waals surface area contributed by atoms with Crippen molar-refractivity contribution in [3.8, 4) is 5.75 Å². The van der Waals surface area contributed by atoms with Crippen molar-refractivity contribution in [2.75, 3.05) is 19.6 Å². The van der Waals surface area contributed by atoms with Gasteiger partial charge in [-0.15, -0.1) is 0 Å². The molecule has 1 saturated heterocycles. The minimum Gasteiger partial charge on any atom is -0.507 e. The number of benzene rings is 1. The van der Waals surface area contributed by atoms with E-state index in [2.05, 4.69) is 4.99 Å². The number of phenolic OH excluding ortho intramolecular Hbond substituents is 1. The Morgan fingerprint density at radius 3 is 2.96 bits per heavy atom. The Morgan fingerprint density at radius 1 is 1.48 bits per heavy atom. The third kappa shape index (κ3) is 3.52. The van der Waals surface area contributed by atoms with E-state index in [0.717, 1.165) is 6.07 Å². The zero-order chi connectivity index (χ0) is 16.6. The molecule has 1 aromatic rings. The van der Waals surface area contributed by atoms with Crippen LogP contribution in [-0.2, 0) is 4.79 Å². The normalized spacial score (nSPS) is 24.4. The van der Waals surface area contributed by atoms with Gasteiger partial charge in [0.1, 0.15) is 11.6 Å². The number of thioether (sulfide) groups is 1. The van der Waals surface area contributed by atoms with Crippen LogP contribution in [0.15, 0.2) is 28.1 Å². The Balaban J connectivity index is 1.78. The molecule has 8 heteroatoms. The molecule has 0 unspecified atom stereocenters. The van der Waals surface area contributed by atoms with Gasteiger partial charge >= 0.3 is 0 Å². The van der Waals surface area contributed by atoms with Crippen LogP contribution in [0.4, 0.5) is 4.39 Å². The van der Waals surface area contributed by atoms with Crippen molar-refractivity contribution in [1.29, 1.82) is 0 Å². The van der Waals surface area contributed by atoms with Crippen molar-refractivity contribution >= 4 is 40.7 Å². The zero-order valence-electron chi connectivity index (χ0n) is 12.4. The van der Waals surface area contributed by atoms with E-state index in [1.807, 2.05) is 11.8 Å². The highest BCUT2D eigenvalue weighted by molar-refractivity contribution is 8.18. The summed E-state index contributed by atoms with van der Waals surface area (Å²) in [5.74, 6) is -1.09. The van der Waals surface area contributed by atoms with Gasteiger partial charge in [-0.3, -0.25) is 4.79 Å². The van der Waals surface area contributed by atoms with E-state index in [1.165, 1.54) is 30.0 Å². The summed E-state index contributed by atoms with van der Waals surface area (Å²) < 4.78 is 14.7. The van der Waals surface area contributed by atoms with Gasteiger partial charge in [-0.1, -0.05) is 0 Å². The quantitative estimate of drug-likeness (QED) is 0.620. The molecular weight excluding hydrogens is 341 g/mol. The highest BCUT2D eigenvalue weighted by Gasteiger charge is 2.31. The van der Waals surface area contributed by atoms with Gasteiger partial charge in [0.2, 0.25) is 0 Å². The molecule has 2 heterocycles. The van der Waals surface area contributed by atoms with E-state index in [9.17, 15) is 14.3 Å². The topological polar surface area (TPSA) is 56.1 Å². The second kappa shape index (κ2) is 6.51. The molecule has 1 atom stereocenters. The number of carbonyl (C=O) groups is 1. The monoisotopic (exact) mass is 355 g/mol. The first-order chi connectivity index (χ1) is 10.9. The highest BCUT2D eigenvalue weighted by Crippen LogP contribution is 2.33. The molecule has 1 amide bonds. The van der Waals surface area contributed by atoms with E-state index in [-0.39, 0.29) is 17.7 Å². The first kappa shape index (κ1) is 16.3. The molecule has 3 rings (SSSR count). The second-order valence-electron chi connectivity index (χ2n) is 5.42. The van der Waals surface area contributed by atoms with Gasteiger partial charge in [-0.2, -0.15) is 4.99 Å². The second-order valence-corrected chi connectivity index (χ2v) is 6.91. The molecule has 0 bridgehead atoms. The van der Waals surface area contributed by atoms with E-state index in [1.54, 1.807) is 4.42 Å². The van der Waals surface area contributed by atoms with E-state index < -0.39 is 5.82 Å². The summed E-state index contributed by atoms with van der Waals surface area (Å²) in [6.45, 7) is 4.10. The summed E-state index contributed by atoms with van der Waals surface area (Å²) in [5.41, 5.74) is 0.386. The minimum atomic E-state index is -0.528. The molecule has 0 radical (unpaired) electrons. The number of nitrogens with zero attached hydrogens (tertiary/aromatic N) is 3. The van der Waals surface area contributed by atoms with Crippen LogP contribution in [0, 0.1) is 5.82 Å². The minimum absolute atomic E-state index is 0.152. The molecule has 0 aliphatic carbocycles. The van der Waals surface area contributed by atoms with Gasteiger partial charge in [0.05, 0.1) is 4.91 Å². The maximum atomic E-state index is 13.0. The number of amides is 1. The van der Waals surface area contributed by atoms with Crippen molar-refractivity contribution in [2.24, 2.45) is 4.99 Å². The lowest BCUT2D eigenvalue weighted by Gasteiger charge is -2.37. The van der Waals surface area contributed by atoms with Crippen LogP contribution < -0.4 is 0 Å². The standard InChI is InChI=1S/C15H15ClFN3O2S/c1-9-8-19(16)4-5-20(9)15-18-14(22)13(23-15)6-10-2-3-11(17)7-12(10)21/h2-3,6-7,9,21H,4-5,8H2,1H3/b13-6-/t9-/m0/s1. The fourth-order valence-electron chi connectivity index (χ4n) is 2.50.